The zero-order valence-electron chi connectivity index (χ0n) is 11.1. The number of nitrogens with zero attached hydrogens (tertiary/aromatic N) is 2. The normalized spacial score (nSPS) is 25.6. The van der Waals surface area contributed by atoms with Gasteiger partial charge in [-0.1, -0.05) is 17.7 Å². The average Bonchev–Trinajstić information content (AvgIpc) is 2.41. The van der Waals surface area contributed by atoms with Crippen LogP contribution in [0.1, 0.15) is 5.56 Å². The molecule has 3 aliphatic rings. The maximum Gasteiger partial charge on any atom is 0.294 e. The molecule has 0 aromatic heterocycles. The molecule has 6 heteroatoms. The van der Waals surface area contributed by atoms with Crippen molar-refractivity contribution in [3.05, 3.63) is 29.8 Å². The van der Waals surface area contributed by atoms with Crippen molar-refractivity contribution >= 4 is 10.1 Å². The quantitative estimate of drug-likeness (QED) is 0.775. The molecule has 0 spiro atoms. The van der Waals surface area contributed by atoms with Crippen LogP contribution in [0.25, 0.3) is 0 Å². The topological polar surface area (TPSA) is 60.9 Å². The molecule has 106 valence electrons. The first kappa shape index (κ1) is 14.5. The SMILES string of the molecule is C1CN2CCN1CC2.Cc1ccc(S(=O)(=O)O)cc1. The molecule has 0 atom stereocenters. The van der Waals surface area contributed by atoms with Gasteiger partial charge in [0.05, 0.1) is 4.90 Å². The van der Waals surface area contributed by atoms with Crippen molar-refractivity contribution in [2.24, 2.45) is 0 Å². The molecule has 0 saturated carbocycles. The van der Waals surface area contributed by atoms with Gasteiger partial charge in [-0.15, -0.1) is 0 Å². The van der Waals surface area contributed by atoms with E-state index in [9.17, 15) is 8.42 Å². The Labute approximate surface area is 114 Å². The van der Waals surface area contributed by atoms with Crippen molar-refractivity contribution in [1.29, 1.82) is 0 Å². The Balaban J connectivity index is 0.000000146. The van der Waals surface area contributed by atoms with E-state index in [1.165, 1.54) is 51.4 Å². The van der Waals surface area contributed by atoms with E-state index in [0.717, 1.165) is 5.56 Å². The summed E-state index contributed by atoms with van der Waals surface area (Å²) in [6.07, 6.45) is 0. The van der Waals surface area contributed by atoms with Crippen LogP contribution in [-0.4, -0.2) is 62.0 Å². The Bertz CT molecular complexity index is 482. The third kappa shape index (κ3) is 4.28. The van der Waals surface area contributed by atoms with Crippen LogP contribution in [0.3, 0.4) is 0 Å². The fourth-order valence-corrected chi connectivity index (χ4v) is 2.71. The molecule has 2 bridgehead atoms. The molecule has 4 rings (SSSR count). The molecular weight excluding hydrogens is 264 g/mol. The fraction of sp³-hybridized carbons (Fsp3) is 0.538. The molecule has 3 heterocycles. The average molecular weight is 284 g/mol. The van der Waals surface area contributed by atoms with E-state index in [1.807, 2.05) is 6.92 Å². The van der Waals surface area contributed by atoms with Gasteiger partial charge < -0.3 is 0 Å². The van der Waals surface area contributed by atoms with E-state index in [-0.39, 0.29) is 4.90 Å². The molecule has 0 unspecified atom stereocenters. The number of benzene rings is 1. The second-order valence-corrected chi connectivity index (χ2v) is 6.39. The maximum atomic E-state index is 10.5. The monoisotopic (exact) mass is 284 g/mol. The molecule has 1 aromatic rings. The van der Waals surface area contributed by atoms with Crippen molar-refractivity contribution < 1.29 is 13.0 Å². The minimum absolute atomic E-state index is 0.0666. The highest BCUT2D eigenvalue weighted by Gasteiger charge is 2.21. The van der Waals surface area contributed by atoms with Crippen molar-refractivity contribution in [3.8, 4) is 0 Å². The maximum absolute atomic E-state index is 10.5. The summed E-state index contributed by atoms with van der Waals surface area (Å²) in [5, 5.41) is 0. The van der Waals surface area contributed by atoms with Gasteiger partial charge >= 0.3 is 0 Å². The lowest BCUT2D eigenvalue weighted by atomic mass is 10.2. The number of hydrogen-bond acceptors (Lipinski definition) is 4. The van der Waals surface area contributed by atoms with Gasteiger partial charge in [-0.3, -0.25) is 14.4 Å². The molecule has 0 radical (unpaired) electrons. The lowest BCUT2D eigenvalue weighted by Gasteiger charge is -2.41. The Morgan fingerprint density at radius 3 is 1.53 bits per heavy atom. The Kier molecular flexibility index (Phi) is 4.57. The third-order valence-corrected chi connectivity index (χ3v) is 4.38. The Morgan fingerprint density at radius 2 is 1.26 bits per heavy atom. The van der Waals surface area contributed by atoms with Gasteiger partial charge in [-0.2, -0.15) is 8.42 Å². The second kappa shape index (κ2) is 6.00. The lowest BCUT2D eigenvalue weighted by molar-refractivity contribution is 0.0647. The van der Waals surface area contributed by atoms with Crippen LogP contribution in [0.15, 0.2) is 29.2 Å². The van der Waals surface area contributed by atoms with Crippen molar-refractivity contribution in [2.45, 2.75) is 11.8 Å². The van der Waals surface area contributed by atoms with Crippen LogP contribution < -0.4 is 0 Å². The summed E-state index contributed by atoms with van der Waals surface area (Å²) >= 11 is 0. The van der Waals surface area contributed by atoms with Gasteiger partial charge in [0.25, 0.3) is 10.1 Å². The molecule has 5 nitrogen and oxygen atoms in total. The highest BCUT2D eigenvalue weighted by molar-refractivity contribution is 7.85. The van der Waals surface area contributed by atoms with Gasteiger partial charge in [-0.25, -0.2) is 0 Å². The summed E-state index contributed by atoms with van der Waals surface area (Å²) in [7, 11) is -4.02. The van der Waals surface area contributed by atoms with Gasteiger partial charge in [-0.05, 0) is 19.1 Å². The van der Waals surface area contributed by atoms with E-state index in [0.29, 0.717) is 0 Å². The summed E-state index contributed by atoms with van der Waals surface area (Å²) in [5.41, 5.74) is 0.956. The molecule has 3 aliphatic heterocycles. The van der Waals surface area contributed by atoms with Gasteiger partial charge in [0, 0.05) is 39.3 Å². The van der Waals surface area contributed by atoms with Gasteiger partial charge in [0.2, 0.25) is 0 Å². The zero-order chi connectivity index (χ0) is 13.9. The van der Waals surface area contributed by atoms with E-state index in [4.69, 9.17) is 4.55 Å². The Hall–Kier alpha value is -0.950. The van der Waals surface area contributed by atoms with Crippen LogP contribution in [0.2, 0.25) is 0 Å². The second-order valence-electron chi connectivity index (χ2n) is 4.97. The molecular formula is C13H20N2O3S. The van der Waals surface area contributed by atoms with Crippen molar-refractivity contribution in [2.75, 3.05) is 39.3 Å². The third-order valence-electron chi connectivity index (χ3n) is 3.52. The van der Waals surface area contributed by atoms with Crippen LogP contribution in [0, 0.1) is 6.92 Å². The first-order chi connectivity index (χ1) is 8.95. The summed E-state index contributed by atoms with van der Waals surface area (Å²) in [5.74, 6) is 0. The number of hydrogen-bond donors (Lipinski definition) is 1. The number of piperazine rings is 3. The Morgan fingerprint density at radius 1 is 0.895 bits per heavy atom. The minimum atomic E-state index is -4.02. The fourth-order valence-electron chi connectivity index (χ4n) is 2.23. The molecule has 1 N–H and O–H groups in total. The van der Waals surface area contributed by atoms with E-state index in [1.54, 1.807) is 12.1 Å². The largest absolute Gasteiger partial charge is 0.300 e. The molecule has 19 heavy (non-hydrogen) atoms. The minimum Gasteiger partial charge on any atom is -0.300 e. The van der Waals surface area contributed by atoms with Crippen molar-refractivity contribution in [3.63, 3.8) is 0 Å². The van der Waals surface area contributed by atoms with Crippen LogP contribution in [-0.2, 0) is 10.1 Å². The first-order valence-electron chi connectivity index (χ1n) is 6.44. The standard InChI is InChI=1S/C7H8O3S.C6H12N2/c1-6-2-4-7(5-3-6)11(8,9)10;1-2-8-5-3-7(1)4-6-8/h2-5H,1H3,(H,8,9,10);1-6H2. The molecule has 0 aliphatic carbocycles. The van der Waals surface area contributed by atoms with Crippen LogP contribution >= 0.6 is 0 Å². The first-order valence-corrected chi connectivity index (χ1v) is 7.88. The highest BCUT2D eigenvalue weighted by Crippen LogP contribution is 2.08. The highest BCUT2D eigenvalue weighted by atomic mass is 32.2. The zero-order valence-corrected chi connectivity index (χ0v) is 11.9. The number of aryl methyl sites for hydroxylation is 1. The molecule has 3 fully saturated rings. The number of rotatable bonds is 1. The van der Waals surface area contributed by atoms with E-state index in [2.05, 4.69) is 9.80 Å². The molecule has 0 amide bonds. The number of fused-ring (bicyclic) bond motifs is 3. The van der Waals surface area contributed by atoms with Gasteiger partial charge in [0.15, 0.2) is 0 Å². The lowest BCUT2D eigenvalue weighted by Crippen LogP contribution is -2.55. The summed E-state index contributed by atoms with van der Waals surface area (Å²) in [6.45, 7) is 9.76. The van der Waals surface area contributed by atoms with E-state index < -0.39 is 10.1 Å². The van der Waals surface area contributed by atoms with Crippen molar-refractivity contribution in [1.82, 2.24) is 9.80 Å². The smallest absolute Gasteiger partial charge is 0.294 e. The van der Waals surface area contributed by atoms with Crippen LogP contribution in [0.5, 0.6) is 0 Å². The van der Waals surface area contributed by atoms with Crippen LogP contribution in [0.4, 0.5) is 0 Å². The summed E-state index contributed by atoms with van der Waals surface area (Å²) < 4.78 is 29.6. The molecule has 3 saturated heterocycles. The summed E-state index contributed by atoms with van der Waals surface area (Å²) in [6, 6.07) is 5.99. The molecule has 1 aromatic carbocycles. The van der Waals surface area contributed by atoms with E-state index >= 15 is 0 Å². The predicted octanol–water partition coefficient (Wildman–Crippen LogP) is 0.859. The van der Waals surface area contributed by atoms with Gasteiger partial charge in [0.1, 0.15) is 0 Å². The predicted molar refractivity (Wildman–Crippen MR) is 73.9 cm³/mol. The summed E-state index contributed by atoms with van der Waals surface area (Å²) in [4.78, 5) is 5.02.